The van der Waals surface area contributed by atoms with Crippen molar-refractivity contribution in [2.24, 2.45) is 7.05 Å². The first kappa shape index (κ1) is 10.3. The van der Waals surface area contributed by atoms with E-state index < -0.39 is 0 Å². The molecule has 0 aromatic carbocycles. The van der Waals surface area contributed by atoms with Gasteiger partial charge in [-0.1, -0.05) is 5.16 Å². The van der Waals surface area contributed by atoms with Gasteiger partial charge in [-0.05, 0) is 25.8 Å². The van der Waals surface area contributed by atoms with Crippen LogP contribution in [-0.4, -0.2) is 19.9 Å². The van der Waals surface area contributed by atoms with E-state index in [4.69, 9.17) is 4.52 Å². The Morgan fingerprint density at radius 3 is 3.00 bits per heavy atom. The van der Waals surface area contributed by atoms with Gasteiger partial charge in [0.1, 0.15) is 4.83 Å². The molecular weight excluding hydrogens is 248 g/mol. The van der Waals surface area contributed by atoms with Crippen molar-refractivity contribution in [3.8, 4) is 10.8 Å². The minimum Gasteiger partial charge on any atom is -0.333 e. The molecule has 0 bridgehead atoms. The number of hydrogen-bond donors (Lipinski definition) is 0. The van der Waals surface area contributed by atoms with Gasteiger partial charge in [0.05, 0.1) is 10.6 Å². The number of aryl methyl sites for hydroxylation is 2. The zero-order chi connectivity index (χ0) is 12.3. The third-order valence-electron chi connectivity index (χ3n) is 3.29. The standard InChI is InChI=1S/C12H12N4OS/c1-6-8-5-9(18-12(8)16(2)14-6)11-13-10(15-17-11)7-3-4-7/h5,7H,3-4H2,1-2H3. The zero-order valence-corrected chi connectivity index (χ0v) is 11.0. The summed E-state index contributed by atoms with van der Waals surface area (Å²) < 4.78 is 7.25. The summed E-state index contributed by atoms with van der Waals surface area (Å²) >= 11 is 1.65. The summed E-state index contributed by atoms with van der Waals surface area (Å²) in [7, 11) is 1.96. The summed E-state index contributed by atoms with van der Waals surface area (Å²) in [6.45, 7) is 2.02. The lowest BCUT2D eigenvalue weighted by Gasteiger charge is -1.88. The number of aromatic nitrogens is 4. The molecule has 4 rings (SSSR count). The summed E-state index contributed by atoms with van der Waals surface area (Å²) in [5.41, 5.74) is 1.04. The molecule has 1 aliphatic carbocycles. The van der Waals surface area contributed by atoms with Crippen LogP contribution in [0.4, 0.5) is 0 Å². The maximum atomic E-state index is 5.35. The van der Waals surface area contributed by atoms with Crippen LogP contribution < -0.4 is 0 Å². The highest BCUT2D eigenvalue weighted by molar-refractivity contribution is 7.21. The van der Waals surface area contributed by atoms with Crippen LogP contribution in [0.5, 0.6) is 0 Å². The molecule has 0 unspecified atom stereocenters. The molecule has 6 heteroatoms. The summed E-state index contributed by atoms with van der Waals surface area (Å²) in [5, 5.41) is 9.61. The highest BCUT2D eigenvalue weighted by Gasteiger charge is 2.29. The summed E-state index contributed by atoms with van der Waals surface area (Å²) in [6, 6.07) is 2.09. The Morgan fingerprint density at radius 1 is 1.44 bits per heavy atom. The molecular formula is C12H12N4OS. The van der Waals surface area contributed by atoms with Crippen LogP contribution in [0.3, 0.4) is 0 Å². The Balaban J connectivity index is 1.82. The minimum absolute atomic E-state index is 0.528. The third-order valence-corrected chi connectivity index (χ3v) is 4.48. The van der Waals surface area contributed by atoms with Crippen LogP contribution in [0, 0.1) is 6.92 Å². The molecule has 0 spiro atoms. The maximum Gasteiger partial charge on any atom is 0.268 e. The molecule has 1 saturated carbocycles. The maximum absolute atomic E-state index is 5.35. The van der Waals surface area contributed by atoms with Crippen LogP contribution in [0.15, 0.2) is 10.6 Å². The van der Waals surface area contributed by atoms with Crippen LogP contribution in [0.2, 0.25) is 0 Å². The van der Waals surface area contributed by atoms with Crippen molar-refractivity contribution in [3.05, 3.63) is 17.6 Å². The Kier molecular flexibility index (Phi) is 1.94. The molecule has 0 radical (unpaired) electrons. The van der Waals surface area contributed by atoms with Crippen molar-refractivity contribution in [2.45, 2.75) is 25.7 Å². The molecule has 3 aromatic heterocycles. The Bertz CT molecular complexity index is 700. The first-order chi connectivity index (χ1) is 8.72. The molecule has 0 atom stereocenters. The first-order valence-corrected chi connectivity index (χ1v) is 6.81. The highest BCUT2D eigenvalue weighted by atomic mass is 32.1. The van der Waals surface area contributed by atoms with Gasteiger partial charge >= 0.3 is 0 Å². The molecule has 1 aliphatic rings. The smallest absolute Gasteiger partial charge is 0.268 e. The van der Waals surface area contributed by atoms with E-state index in [-0.39, 0.29) is 0 Å². The number of hydrogen-bond acceptors (Lipinski definition) is 5. The molecule has 18 heavy (non-hydrogen) atoms. The summed E-state index contributed by atoms with van der Waals surface area (Å²) in [6.07, 6.45) is 2.38. The number of nitrogens with zero attached hydrogens (tertiary/aromatic N) is 4. The lowest BCUT2D eigenvalue weighted by molar-refractivity contribution is 0.423. The molecule has 0 N–H and O–H groups in total. The van der Waals surface area contributed by atoms with Crippen molar-refractivity contribution in [3.63, 3.8) is 0 Å². The molecule has 3 aromatic rings. The second-order valence-corrected chi connectivity index (χ2v) is 5.80. The van der Waals surface area contributed by atoms with Gasteiger partial charge in [-0.25, -0.2) is 0 Å². The molecule has 0 aliphatic heterocycles. The van der Waals surface area contributed by atoms with Crippen molar-refractivity contribution >= 4 is 21.6 Å². The summed E-state index contributed by atoms with van der Waals surface area (Å²) in [4.78, 5) is 6.65. The minimum atomic E-state index is 0.528. The number of fused-ring (bicyclic) bond motifs is 1. The zero-order valence-electron chi connectivity index (χ0n) is 10.2. The predicted octanol–water partition coefficient (Wildman–Crippen LogP) is 2.87. The number of rotatable bonds is 2. The quantitative estimate of drug-likeness (QED) is 0.711. The van der Waals surface area contributed by atoms with Gasteiger partial charge in [0.15, 0.2) is 5.82 Å². The second-order valence-electron chi connectivity index (χ2n) is 4.77. The lowest BCUT2D eigenvalue weighted by atomic mass is 10.3. The van der Waals surface area contributed by atoms with Gasteiger partial charge < -0.3 is 4.52 Å². The van der Waals surface area contributed by atoms with Gasteiger partial charge in [0.2, 0.25) is 0 Å². The normalized spacial score (nSPS) is 15.7. The Labute approximate surface area is 107 Å². The van der Waals surface area contributed by atoms with Crippen LogP contribution in [-0.2, 0) is 7.05 Å². The fraction of sp³-hybridized carbons (Fsp3) is 0.417. The largest absolute Gasteiger partial charge is 0.333 e. The van der Waals surface area contributed by atoms with E-state index in [1.165, 1.54) is 18.2 Å². The average molecular weight is 260 g/mol. The molecule has 92 valence electrons. The van der Waals surface area contributed by atoms with Crippen molar-refractivity contribution in [2.75, 3.05) is 0 Å². The van der Waals surface area contributed by atoms with Gasteiger partial charge in [-0.15, -0.1) is 11.3 Å². The molecule has 0 amide bonds. The van der Waals surface area contributed by atoms with Gasteiger partial charge in [-0.2, -0.15) is 10.1 Å². The van der Waals surface area contributed by atoms with Gasteiger partial charge in [-0.3, -0.25) is 4.68 Å². The average Bonchev–Trinajstić information content (AvgIpc) is 2.85. The van der Waals surface area contributed by atoms with Crippen LogP contribution in [0.1, 0.15) is 30.3 Å². The van der Waals surface area contributed by atoms with E-state index in [9.17, 15) is 0 Å². The van der Waals surface area contributed by atoms with Gasteiger partial charge in [0, 0.05) is 18.4 Å². The molecule has 3 heterocycles. The highest BCUT2D eigenvalue weighted by Crippen LogP contribution is 2.40. The van der Waals surface area contributed by atoms with Crippen molar-refractivity contribution in [1.29, 1.82) is 0 Å². The third kappa shape index (κ3) is 1.42. The SMILES string of the molecule is Cc1nn(C)c2sc(-c3nc(C4CC4)no3)cc12. The second kappa shape index (κ2) is 3.41. The van der Waals surface area contributed by atoms with Crippen LogP contribution >= 0.6 is 11.3 Å². The van der Waals surface area contributed by atoms with Crippen molar-refractivity contribution in [1.82, 2.24) is 19.9 Å². The van der Waals surface area contributed by atoms with E-state index in [0.717, 1.165) is 21.2 Å². The fourth-order valence-electron chi connectivity index (χ4n) is 2.15. The molecule has 5 nitrogen and oxygen atoms in total. The number of thiophene rings is 1. The predicted molar refractivity (Wildman–Crippen MR) is 68.6 cm³/mol. The van der Waals surface area contributed by atoms with E-state index in [0.29, 0.717) is 11.8 Å². The Hall–Kier alpha value is -1.69. The van der Waals surface area contributed by atoms with E-state index in [2.05, 4.69) is 21.3 Å². The van der Waals surface area contributed by atoms with E-state index in [1.807, 2.05) is 18.7 Å². The summed E-state index contributed by atoms with van der Waals surface area (Å²) in [5.74, 6) is 2.02. The van der Waals surface area contributed by atoms with Gasteiger partial charge in [0.25, 0.3) is 5.89 Å². The first-order valence-electron chi connectivity index (χ1n) is 5.99. The monoisotopic (exact) mass is 260 g/mol. The lowest BCUT2D eigenvalue weighted by Crippen LogP contribution is -1.87. The molecule has 0 saturated heterocycles. The fourth-order valence-corrected chi connectivity index (χ4v) is 3.20. The van der Waals surface area contributed by atoms with Crippen molar-refractivity contribution < 1.29 is 4.52 Å². The Morgan fingerprint density at radius 2 is 2.28 bits per heavy atom. The van der Waals surface area contributed by atoms with E-state index in [1.54, 1.807) is 11.3 Å². The topological polar surface area (TPSA) is 56.7 Å². The molecule has 1 fully saturated rings. The van der Waals surface area contributed by atoms with E-state index >= 15 is 0 Å². The van der Waals surface area contributed by atoms with Crippen LogP contribution in [0.25, 0.3) is 21.0 Å².